The number of benzene rings is 1. The summed E-state index contributed by atoms with van der Waals surface area (Å²) in [6.45, 7) is 5.27. The van der Waals surface area contributed by atoms with Gasteiger partial charge in [-0.25, -0.2) is 0 Å². The van der Waals surface area contributed by atoms with E-state index in [9.17, 15) is 4.79 Å². The number of rotatable bonds is 5. The highest BCUT2D eigenvalue weighted by molar-refractivity contribution is 5.77. The second-order valence-electron chi connectivity index (χ2n) is 4.13. The number of hydrogen-bond donors (Lipinski definition) is 2. The van der Waals surface area contributed by atoms with Crippen LogP contribution in [0, 0.1) is 13.8 Å². The lowest BCUT2D eigenvalue weighted by atomic mass is 10.1. The van der Waals surface area contributed by atoms with Gasteiger partial charge in [0.2, 0.25) is 5.91 Å². The van der Waals surface area contributed by atoms with E-state index in [0.29, 0.717) is 13.1 Å². The van der Waals surface area contributed by atoms with Crippen molar-refractivity contribution in [1.29, 1.82) is 0 Å². The Hall–Kier alpha value is -1.35. The zero-order chi connectivity index (χ0) is 12.0. The third-order valence-corrected chi connectivity index (χ3v) is 2.35. The van der Waals surface area contributed by atoms with Crippen LogP contribution in [-0.4, -0.2) is 26.0 Å². The second kappa shape index (κ2) is 6.28. The lowest BCUT2D eigenvalue weighted by Gasteiger charge is -2.06. The van der Waals surface area contributed by atoms with E-state index in [0.717, 1.165) is 6.42 Å². The van der Waals surface area contributed by atoms with Gasteiger partial charge in [0, 0.05) is 6.54 Å². The summed E-state index contributed by atoms with van der Waals surface area (Å²) in [7, 11) is 1.77. The summed E-state index contributed by atoms with van der Waals surface area (Å²) in [5.74, 6) is 0.0480. The Labute approximate surface area is 97.2 Å². The number of aryl methyl sites for hydroxylation is 2. The minimum atomic E-state index is 0.0480. The zero-order valence-electron chi connectivity index (χ0n) is 10.3. The molecule has 0 aliphatic carbocycles. The minimum absolute atomic E-state index is 0.0480. The first kappa shape index (κ1) is 12.7. The van der Waals surface area contributed by atoms with E-state index in [2.05, 4.69) is 42.7 Å². The van der Waals surface area contributed by atoms with Gasteiger partial charge in [0.25, 0.3) is 0 Å². The highest BCUT2D eigenvalue weighted by atomic mass is 16.1. The van der Waals surface area contributed by atoms with Crippen LogP contribution in [0.5, 0.6) is 0 Å². The van der Waals surface area contributed by atoms with Crippen LogP contribution < -0.4 is 10.6 Å². The van der Waals surface area contributed by atoms with Crippen molar-refractivity contribution in [2.24, 2.45) is 0 Å². The fraction of sp³-hybridized carbons (Fsp3) is 0.462. The summed E-state index contributed by atoms with van der Waals surface area (Å²) in [5, 5.41) is 5.69. The van der Waals surface area contributed by atoms with Gasteiger partial charge in [-0.1, -0.05) is 29.3 Å². The molecule has 0 aliphatic rings. The van der Waals surface area contributed by atoms with Crippen LogP contribution in [0.2, 0.25) is 0 Å². The highest BCUT2D eigenvalue weighted by Gasteiger charge is 1.99. The fourth-order valence-corrected chi connectivity index (χ4v) is 1.78. The van der Waals surface area contributed by atoms with Crippen LogP contribution in [0.15, 0.2) is 18.2 Å². The average molecular weight is 220 g/mol. The zero-order valence-corrected chi connectivity index (χ0v) is 10.3. The molecular weight excluding hydrogens is 200 g/mol. The molecule has 2 N–H and O–H groups in total. The van der Waals surface area contributed by atoms with Crippen LogP contribution in [0.25, 0.3) is 0 Å². The highest BCUT2D eigenvalue weighted by Crippen LogP contribution is 2.08. The molecule has 16 heavy (non-hydrogen) atoms. The Morgan fingerprint density at radius 2 is 1.81 bits per heavy atom. The van der Waals surface area contributed by atoms with Crippen LogP contribution in [-0.2, 0) is 11.2 Å². The molecule has 1 amide bonds. The van der Waals surface area contributed by atoms with Gasteiger partial charge in [0.15, 0.2) is 0 Å². The number of carbonyl (C=O) groups is 1. The van der Waals surface area contributed by atoms with Crippen molar-refractivity contribution in [3.05, 3.63) is 34.9 Å². The first-order valence-electron chi connectivity index (χ1n) is 5.60. The van der Waals surface area contributed by atoms with Crippen LogP contribution in [0.4, 0.5) is 0 Å². The molecule has 0 aromatic heterocycles. The first-order chi connectivity index (χ1) is 7.61. The quantitative estimate of drug-likeness (QED) is 0.782. The van der Waals surface area contributed by atoms with Gasteiger partial charge >= 0.3 is 0 Å². The monoisotopic (exact) mass is 220 g/mol. The van der Waals surface area contributed by atoms with Gasteiger partial charge in [-0.3, -0.25) is 4.79 Å². The molecule has 0 atom stereocenters. The third-order valence-electron chi connectivity index (χ3n) is 2.35. The summed E-state index contributed by atoms with van der Waals surface area (Å²) in [4.78, 5) is 11.2. The number of amides is 1. The Balaban J connectivity index is 2.40. The molecule has 0 aliphatic heterocycles. The molecule has 1 rings (SSSR count). The van der Waals surface area contributed by atoms with E-state index < -0.39 is 0 Å². The molecule has 1 aromatic rings. The molecule has 0 radical (unpaired) electrons. The molecule has 3 nitrogen and oxygen atoms in total. The van der Waals surface area contributed by atoms with Gasteiger partial charge in [-0.05, 0) is 32.9 Å². The number of carbonyl (C=O) groups excluding carboxylic acids is 1. The molecule has 0 spiro atoms. The summed E-state index contributed by atoms with van der Waals surface area (Å²) >= 11 is 0. The normalized spacial score (nSPS) is 10.2. The van der Waals surface area contributed by atoms with Crippen molar-refractivity contribution in [2.75, 3.05) is 20.1 Å². The van der Waals surface area contributed by atoms with Gasteiger partial charge in [-0.15, -0.1) is 0 Å². The van der Waals surface area contributed by atoms with Gasteiger partial charge in [0.1, 0.15) is 0 Å². The van der Waals surface area contributed by atoms with Crippen molar-refractivity contribution in [2.45, 2.75) is 20.3 Å². The smallest absolute Gasteiger partial charge is 0.233 e. The van der Waals surface area contributed by atoms with E-state index in [1.807, 2.05) is 0 Å². The van der Waals surface area contributed by atoms with Crippen molar-refractivity contribution in [1.82, 2.24) is 10.6 Å². The van der Waals surface area contributed by atoms with Crippen LogP contribution in [0.3, 0.4) is 0 Å². The molecule has 0 heterocycles. The average Bonchev–Trinajstić information content (AvgIpc) is 2.16. The van der Waals surface area contributed by atoms with E-state index in [1.54, 1.807) is 7.05 Å². The Morgan fingerprint density at radius 1 is 1.19 bits per heavy atom. The molecule has 88 valence electrons. The molecule has 1 aromatic carbocycles. The van der Waals surface area contributed by atoms with Crippen molar-refractivity contribution < 1.29 is 4.79 Å². The van der Waals surface area contributed by atoms with Crippen molar-refractivity contribution in [3.63, 3.8) is 0 Å². The number of hydrogen-bond acceptors (Lipinski definition) is 2. The Bertz CT molecular complexity index is 341. The molecule has 3 heteroatoms. The maximum absolute atomic E-state index is 11.2. The van der Waals surface area contributed by atoms with Gasteiger partial charge < -0.3 is 10.6 Å². The molecule has 0 bridgehead atoms. The van der Waals surface area contributed by atoms with Gasteiger partial charge in [-0.2, -0.15) is 0 Å². The van der Waals surface area contributed by atoms with Crippen molar-refractivity contribution >= 4 is 5.91 Å². The van der Waals surface area contributed by atoms with Crippen LogP contribution in [0.1, 0.15) is 16.7 Å². The molecular formula is C13H20N2O. The summed E-state index contributed by atoms with van der Waals surface area (Å²) < 4.78 is 0. The lowest BCUT2D eigenvalue weighted by Crippen LogP contribution is -2.33. The molecule has 0 fully saturated rings. The number of likely N-dealkylation sites (N-methyl/N-ethyl adjacent to an activating group) is 1. The molecule has 0 saturated carbocycles. The van der Waals surface area contributed by atoms with Crippen LogP contribution >= 0.6 is 0 Å². The third kappa shape index (κ3) is 4.45. The molecule has 0 saturated heterocycles. The topological polar surface area (TPSA) is 41.1 Å². The SMILES string of the molecule is CNCC(=O)NCCc1cc(C)cc(C)c1. The summed E-state index contributed by atoms with van der Waals surface area (Å²) in [5.41, 5.74) is 3.83. The lowest BCUT2D eigenvalue weighted by molar-refractivity contribution is -0.120. The largest absolute Gasteiger partial charge is 0.355 e. The minimum Gasteiger partial charge on any atom is -0.355 e. The van der Waals surface area contributed by atoms with Gasteiger partial charge in [0.05, 0.1) is 6.54 Å². The van der Waals surface area contributed by atoms with Crippen molar-refractivity contribution in [3.8, 4) is 0 Å². The first-order valence-corrected chi connectivity index (χ1v) is 5.60. The van der Waals surface area contributed by atoms with E-state index >= 15 is 0 Å². The number of nitrogens with one attached hydrogen (secondary N) is 2. The fourth-order valence-electron chi connectivity index (χ4n) is 1.78. The van der Waals surface area contributed by atoms with E-state index in [1.165, 1.54) is 16.7 Å². The molecule has 0 unspecified atom stereocenters. The Kier molecular flexibility index (Phi) is 4.99. The summed E-state index contributed by atoms with van der Waals surface area (Å²) in [6, 6.07) is 6.48. The standard InChI is InChI=1S/C13H20N2O/c1-10-6-11(2)8-12(7-10)4-5-15-13(16)9-14-3/h6-8,14H,4-5,9H2,1-3H3,(H,15,16). The maximum Gasteiger partial charge on any atom is 0.233 e. The maximum atomic E-state index is 11.2. The van der Waals surface area contributed by atoms with E-state index in [-0.39, 0.29) is 5.91 Å². The second-order valence-corrected chi connectivity index (χ2v) is 4.13. The van der Waals surface area contributed by atoms with E-state index in [4.69, 9.17) is 0 Å². The predicted octanol–water partition coefficient (Wildman–Crippen LogP) is 1.18. The summed E-state index contributed by atoms with van der Waals surface area (Å²) in [6.07, 6.45) is 0.887. The predicted molar refractivity (Wildman–Crippen MR) is 66.6 cm³/mol. The Morgan fingerprint density at radius 3 is 2.38 bits per heavy atom.